The molecular formula is C22H32N2O5. The summed E-state index contributed by atoms with van der Waals surface area (Å²) in [5.41, 5.74) is 0.207. The summed E-state index contributed by atoms with van der Waals surface area (Å²) in [5.74, 6) is -0.323. The first-order valence-corrected chi connectivity index (χ1v) is 10.0. The molecule has 3 atom stereocenters. The fraction of sp³-hybridized carbons (Fsp3) is 0.591. The van der Waals surface area contributed by atoms with Crippen LogP contribution >= 0.6 is 0 Å². The van der Waals surface area contributed by atoms with Crippen molar-refractivity contribution in [2.75, 3.05) is 6.61 Å². The molecule has 0 saturated carbocycles. The molecule has 0 spiro atoms. The Morgan fingerprint density at radius 1 is 1.10 bits per heavy atom. The van der Waals surface area contributed by atoms with E-state index in [-0.39, 0.29) is 18.1 Å². The maximum atomic E-state index is 13.0. The van der Waals surface area contributed by atoms with Crippen LogP contribution in [0.2, 0.25) is 0 Å². The van der Waals surface area contributed by atoms with Crippen LogP contribution in [0.15, 0.2) is 30.3 Å². The molecule has 160 valence electrons. The minimum atomic E-state index is -0.866. The number of carbonyl (C=O) groups is 3. The van der Waals surface area contributed by atoms with Crippen LogP contribution in [0, 0.1) is 5.92 Å². The van der Waals surface area contributed by atoms with Crippen molar-refractivity contribution in [1.82, 2.24) is 10.6 Å². The minimum Gasteiger partial charge on any atom is -0.444 e. The molecule has 1 aromatic rings. The van der Waals surface area contributed by atoms with E-state index in [1.165, 1.54) is 0 Å². The Morgan fingerprint density at radius 2 is 1.72 bits per heavy atom. The zero-order chi connectivity index (χ0) is 21.6. The second-order valence-corrected chi connectivity index (χ2v) is 8.80. The number of ether oxygens (including phenoxy) is 2. The van der Waals surface area contributed by atoms with E-state index in [9.17, 15) is 14.4 Å². The fourth-order valence-corrected chi connectivity index (χ4v) is 2.94. The van der Waals surface area contributed by atoms with Crippen LogP contribution in [0.5, 0.6) is 0 Å². The van der Waals surface area contributed by atoms with E-state index in [0.717, 1.165) is 5.56 Å². The van der Waals surface area contributed by atoms with Crippen LogP contribution in [0.25, 0.3) is 0 Å². The van der Waals surface area contributed by atoms with Gasteiger partial charge in [0.05, 0.1) is 12.6 Å². The van der Waals surface area contributed by atoms with Gasteiger partial charge in [-0.05, 0) is 38.7 Å². The van der Waals surface area contributed by atoms with E-state index < -0.39 is 35.8 Å². The van der Waals surface area contributed by atoms with Gasteiger partial charge in [-0.2, -0.15) is 0 Å². The third-order valence-corrected chi connectivity index (χ3v) is 4.31. The van der Waals surface area contributed by atoms with Gasteiger partial charge in [0.2, 0.25) is 5.91 Å². The average Bonchev–Trinajstić information content (AvgIpc) is 3.44. The number of amides is 2. The molecule has 2 N–H and O–H groups in total. The van der Waals surface area contributed by atoms with Crippen molar-refractivity contribution in [1.29, 1.82) is 0 Å². The maximum Gasteiger partial charge on any atom is 0.408 e. The molecule has 2 rings (SSSR count). The van der Waals surface area contributed by atoms with Crippen LogP contribution in [-0.2, 0) is 25.5 Å². The molecule has 1 fully saturated rings. The highest BCUT2D eigenvalue weighted by Gasteiger charge is 2.38. The van der Waals surface area contributed by atoms with Gasteiger partial charge in [0.15, 0.2) is 5.78 Å². The molecule has 7 heteroatoms. The predicted molar refractivity (Wildman–Crippen MR) is 109 cm³/mol. The second-order valence-electron chi connectivity index (χ2n) is 8.80. The summed E-state index contributed by atoms with van der Waals surface area (Å²) in [6.07, 6.45) is -0.320. The average molecular weight is 405 g/mol. The highest BCUT2D eigenvalue weighted by Crippen LogP contribution is 2.17. The molecule has 2 amide bonds. The van der Waals surface area contributed by atoms with E-state index in [1.807, 2.05) is 44.2 Å². The van der Waals surface area contributed by atoms with E-state index >= 15 is 0 Å². The molecule has 1 saturated heterocycles. The molecule has 1 heterocycles. The number of hydrogen-bond donors (Lipinski definition) is 2. The molecular weight excluding hydrogens is 372 g/mol. The zero-order valence-electron chi connectivity index (χ0n) is 17.9. The molecule has 1 aromatic carbocycles. The van der Waals surface area contributed by atoms with E-state index in [0.29, 0.717) is 13.0 Å². The summed E-state index contributed by atoms with van der Waals surface area (Å²) in [6, 6.07) is 7.87. The van der Waals surface area contributed by atoms with Crippen LogP contribution in [0.3, 0.4) is 0 Å². The largest absolute Gasteiger partial charge is 0.444 e. The molecule has 1 aliphatic heterocycles. The van der Waals surface area contributed by atoms with Gasteiger partial charge in [0.1, 0.15) is 17.7 Å². The Bertz CT molecular complexity index is 708. The second kappa shape index (κ2) is 9.87. The molecule has 7 nitrogen and oxygen atoms in total. The number of alkyl carbamates (subject to hydrolysis) is 1. The van der Waals surface area contributed by atoms with Crippen LogP contribution in [-0.4, -0.2) is 48.2 Å². The quantitative estimate of drug-likeness (QED) is 0.617. The summed E-state index contributed by atoms with van der Waals surface area (Å²) in [4.78, 5) is 37.8. The summed E-state index contributed by atoms with van der Waals surface area (Å²) in [7, 11) is 0. The van der Waals surface area contributed by atoms with E-state index in [4.69, 9.17) is 9.47 Å². The van der Waals surface area contributed by atoms with Crippen molar-refractivity contribution >= 4 is 17.8 Å². The number of nitrogens with one attached hydrogen (secondary N) is 2. The smallest absolute Gasteiger partial charge is 0.408 e. The molecule has 0 aromatic heterocycles. The monoisotopic (exact) mass is 404 g/mol. The Kier molecular flexibility index (Phi) is 7.79. The van der Waals surface area contributed by atoms with E-state index in [2.05, 4.69) is 10.6 Å². The summed E-state index contributed by atoms with van der Waals surface area (Å²) in [6.45, 7) is 9.64. The first-order valence-electron chi connectivity index (χ1n) is 10.0. The van der Waals surface area contributed by atoms with Crippen molar-refractivity contribution in [3.05, 3.63) is 35.9 Å². The number of carbonyl (C=O) groups excluding carboxylic acids is 3. The number of rotatable bonds is 9. The number of Topliss-reactive ketones (excluding diaryl/α,β-unsaturated/α-hetero) is 1. The van der Waals surface area contributed by atoms with Crippen molar-refractivity contribution in [2.45, 2.75) is 71.2 Å². The van der Waals surface area contributed by atoms with Crippen molar-refractivity contribution < 1.29 is 23.9 Å². The summed E-state index contributed by atoms with van der Waals surface area (Å²) >= 11 is 0. The van der Waals surface area contributed by atoms with E-state index in [1.54, 1.807) is 20.8 Å². The summed E-state index contributed by atoms with van der Waals surface area (Å²) < 4.78 is 10.4. The third-order valence-electron chi connectivity index (χ3n) is 4.31. The van der Waals surface area contributed by atoms with Crippen LogP contribution < -0.4 is 10.6 Å². The number of hydrogen-bond acceptors (Lipinski definition) is 5. The molecule has 1 unspecified atom stereocenters. The molecule has 0 radical (unpaired) electrons. The highest BCUT2D eigenvalue weighted by atomic mass is 16.6. The van der Waals surface area contributed by atoms with Gasteiger partial charge < -0.3 is 20.1 Å². The fourth-order valence-electron chi connectivity index (χ4n) is 2.94. The van der Waals surface area contributed by atoms with Crippen molar-refractivity contribution in [2.24, 2.45) is 5.92 Å². The van der Waals surface area contributed by atoms with Gasteiger partial charge in [-0.15, -0.1) is 0 Å². The predicted octanol–water partition coefficient (Wildman–Crippen LogP) is 2.62. The molecule has 0 aliphatic carbocycles. The number of epoxide rings is 1. The summed E-state index contributed by atoms with van der Waals surface area (Å²) in [5, 5.41) is 5.47. The minimum absolute atomic E-state index is 0.122. The Hall–Kier alpha value is -2.41. The normalized spacial score (nSPS) is 17.9. The van der Waals surface area contributed by atoms with Crippen LogP contribution in [0.1, 0.15) is 46.6 Å². The van der Waals surface area contributed by atoms with Gasteiger partial charge in [-0.25, -0.2) is 4.79 Å². The maximum absolute atomic E-state index is 13.0. The Labute approximate surface area is 172 Å². The number of benzene rings is 1. The van der Waals surface area contributed by atoms with Gasteiger partial charge >= 0.3 is 6.09 Å². The molecule has 29 heavy (non-hydrogen) atoms. The van der Waals surface area contributed by atoms with Gasteiger partial charge in [-0.3, -0.25) is 9.59 Å². The lowest BCUT2D eigenvalue weighted by Gasteiger charge is -2.25. The van der Waals surface area contributed by atoms with Crippen molar-refractivity contribution in [3.63, 3.8) is 0 Å². The lowest BCUT2D eigenvalue weighted by atomic mass is 9.97. The standard InChI is InChI=1S/C22H32N2O5/c1-14(2)11-16(19(25)18-13-28-18)23-20(26)17(12-15-9-7-6-8-10-15)24-21(27)29-22(3,4)5/h6-10,14,16-18H,11-13H2,1-5H3,(H,23,26)(H,24,27)/t16-,17-,18?/m0/s1. The van der Waals surface area contributed by atoms with Gasteiger partial charge in [-0.1, -0.05) is 44.2 Å². The first-order chi connectivity index (χ1) is 13.5. The van der Waals surface area contributed by atoms with Gasteiger partial charge in [0.25, 0.3) is 0 Å². The molecule has 1 aliphatic rings. The number of ketones is 1. The Balaban J connectivity index is 2.12. The highest BCUT2D eigenvalue weighted by molar-refractivity contribution is 5.95. The lowest BCUT2D eigenvalue weighted by Crippen LogP contribution is -2.54. The molecule has 0 bridgehead atoms. The third kappa shape index (κ3) is 8.23. The lowest BCUT2D eigenvalue weighted by molar-refractivity contribution is -0.129. The van der Waals surface area contributed by atoms with Gasteiger partial charge in [0, 0.05) is 6.42 Å². The first kappa shape index (κ1) is 22.9. The topological polar surface area (TPSA) is 97.0 Å². The SMILES string of the molecule is CC(C)C[C@H](NC(=O)[C@H](Cc1ccccc1)NC(=O)OC(C)(C)C)C(=O)C1CO1. The van der Waals surface area contributed by atoms with Crippen LogP contribution in [0.4, 0.5) is 4.79 Å². The Morgan fingerprint density at radius 3 is 2.24 bits per heavy atom. The van der Waals surface area contributed by atoms with Crippen molar-refractivity contribution in [3.8, 4) is 0 Å². The zero-order valence-corrected chi connectivity index (χ0v) is 17.9.